The van der Waals surface area contributed by atoms with Crippen LogP contribution in [0.2, 0.25) is 0 Å². The third kappa shape index (κ3) is 3.28. The van der Waals surface area contributed by atoms with Gasteiger partial charge in [-0.3, -0.25) is 4.79 Å². The van der Waals surface area contributed by atoms with Gasteiger partial charge in [0.25, 0.3) is 5.56 Å². The van der Waals surface area contributed by atoms with Gasteiger partial charge in [0, 0.05) is 23.7 Å². The summed E-state index contributed by atoms with van der Waals surface area (Å²) in [5, 5.41) is 10.1. The van der Waals surface area contributed by atoms with Crippen LogP contribution < -0.4 is 10.9 Å². The Morgan fingerprint density at radius 3 is 2.73 bits per heavy atom. The zero-order valence-electron chi connectivity index (χ0n) is 13.3. The molecule has 22 heavy (non-hydrogen) atoms. The highest BCUT2D eigenvalue weighted by Gasteiger charge is 2.12. The van der Waals surface area contributed by atoms with Crippen molar-refractivity contribution in [2.45, 2.75) is 52.1 Å². The lowest BCUT2D eigenvalue weighted by molar-refractivity contribution is 0.585. The highest BCUT2D eigenvalue weighted by atomic mass is 16.1. The minimum Gasteiger partial charge on any atom is -0.310 e. The van der Waals surface area contributed by atoms with Crippen molar-refractivity contribution in [2.24, 2.45) is 0 Å². The van der Waals surface area contributed by atoms with Gasteiger partial charge in [-0.25, -0.2) is 5.10 Å². The molecule has 0 saturated carbocycles. The number of hydrogen-bond donors (Lipinski definition) is 2. The molecule has 0 radical (unpaired) electrons. The first kappa shape index (κ1) is 15.0. The Morgan fingerprint density at radius 1 is 1.18 bits per heavy atom. The molecular weight excluding hydrogens is 274 g/mol. The summed E-state index contributed by atoms with van der Waals surface area (Å²) in [7, 11) is 0. The van der Waals surface area contributed by atoms with Crippen molar-refractivity contribution in [3.8, 4) is 11.3 Å². The van der Waals surface area contributed by atoms with Crippen molar-refractivity contribution in [2.75, 3.05) is 0 Å². The van der Waals surface area contributed by atoms with Crippen LogP contribution in [-0.2, 0) is 19.4 Å². The maximum absolute atomic E-state index is 11.9. The number of aromatic nitrogens is 2. The van der Waals surface area contributed by atoms with Crippen LogP contribution in [0.4, 0.5) is 0 Å². The summed E-state index contributed by atoms with van der Waals surface area (Å²) in [5.74, 6) is 0. The van der Waals surface area contributed by atoms with Gasteiger partial charge >= 0.3 is 0 Å². The van der Waals surface area contributed by atoms with Gasteiger partial charge in [0.05, 0.1) is 5.69 Å². The van der Waals surface area contributed by atoms with Crippen molar-refractivity contribution < 1.29 is 0 Å². The molecule has 1 aliphatic rings. The maximum atomic E-state index is 11.9. The zero-order valence-corrected chi connectivity index (χ0v) is 13.3. The van der Waals surface area contributed by atoms with Gasteiger partial charge in [-0.1, -0.05) is 26.0 Å². The third-order valence-electron chi connectivity index (χ3n) is 4.23. The van der Waals surface area contributed by atoms with Crippen LogP contribution in [0.5, 0.6) is 0 Å². The predicted molar refractivity (Wildman–Crippen MR) is 88.9 cm³/mol. The summed E-state index contributed by atoms with van der Waals surface area (Å²) >= 11 is 0. The number of fused-ring (bicyclic) bond motifs is 1. The topological polar surface area (TPSA) is 57.8 Å². The largest absolute Gasteiger partial charge is 0.310 e. The van der Waals surface area contributed by atoms with Crippen molar-refractivity contribution in [3.63, 3.8) is 0 Å². The maximum Gasteiger partial charge on any atom is 0.268 e. The van der Waals surface area contributed by atoms with Crippen LogP contribution in [0.3, 0.4) is 0 Å². The molecule has 2 aromatic rings. The molecule has 2 N–H and O–H groups in total. The van der Waals surface area contributed by atoms with E-state index >= 15 is 0 Å². The second-order valence-electron chi connectivity index (χ2n) is 6.33. The van der Waals surface area contributed by atoms with Gasteiger partial charge in [0.15, 0.2) is 0 Å². The summed E-state index contributed by atoms with van der Waals surface area (Å²) in [4.78, 5) is 11.9. The quantitative estimate of drug-likeness (QED) is 0.912. The Labute approximate surface area is 131 Å². The lowest BCUT2D eigenvalue weighted by atomic mass is 9.90. The highest BCUT2D eigenvalue weighted by Crippen LogP contribution is 2.26. The highest BCUT2D eigenvalue weighted by molar-refractivity contribution is 5.61. The van der Waals surface area contributed by atoms with E-state index in [1.807, 2.05) is 6.07 Å². The Morgan fingerprint density at radius 2 is 1.95 bits per heavy atom. The van der Waals surface area contributed by atoms with E-state index in [4.69, 9.17) is 0 Å². The number of aryl methyl sites for hydroxylation is 2. The third-order valence-corrected chi connectivity index (χ3v) is 4.23. The number of hydrogen-bond acceptors (Lipinski definition) is 3. The van der Waals surface area contributed by atoms with E-state index in [1.54, 1.807) is 0 Å². The minimum atomic E-state index is -0.116. The number of rotatable bonds is 4. The minimum absolute atomic E-state index is 0.116. The van der Waals surface area contributed by atoms with E-state index in [2.05, 4.69) is 47.6 Å². The van der Waals surface area contributed by atoms with Crippen LogP contribution in [0, 0.1) is 0 Å². The average Bonchev–Trinajstić information content (AvgIpc) is 2.53. The van der Waals surface area contributed by atoms with Crippen LogP contribution in [0.1, 0.15) is 43.4 Å². The Hall–Kier alpha value is -1.94. The zero-order chi connectivity index (χ0) is 15.5. The van der Waals surface area contributed by atoms with E-state index in [0.717, 1.165) is 23.2 Å². The first-order valence-corrected chi connectivity index (χ1v) is 8.07. The monoisotopic (exact) mass is 297 g/mol. The molecule has 0 bridgehead atoms. The van der Waals surface area contributed by atoms with E-state index < -0.39 is 0 Å². The van der Waals surface area contributed by atoms with Crippen LogP contribution >= 0.6 is 0 Å². The fourth-order valence-corrected chi connectivity index (χ4v) is 2.93. The second-order valence-corrected chi connectivity index (χ2v) is 6.33. The standard InChI is InChI=1S/C18H23N3O/c1-12(2)19-11-16-10-17(20-21-18(16)22)15-8-7-13-5-3-4-6-14(13)9-15/h7-10,12,19H,3-6,11H2,1-2H3,(H,21,22). The molecule has 1 heterocycles. The second kappa shape index (κ2) is 6.44. The fourth-order valence-electron chi connectivity index (χ4n) is 2.93. The molecule has 1 aliphatic carbocycles. The molecule has 4 nitrogen and oxygen atoms in total. The van der Waals surface area contributed by atoms with E-state index in [0.29, 0.717) is 12.6 Å². The average molecular weight is 297 g/mol. The molecule has 116 valence electrons. The molecule has 0 spiro atoms. The van der Waals surface area contributed by atoms with Crippen molar-refractivity contribution in [1.82, 2.24) is 15.5 Å². The SMILES string of the molecule is CC(C)NCc1cc(-c2ccc3c(c2)CCCC3)n[nH]c1=O. The number of H-pyrrole nitrogens is 1. The fraction of sp³-hybridized carbons (Fsp3) is 0.444. The summed E-state index contributed by atoms with van der Waals surface area (Å²) in [6.45, 7) is 4.70. The first-order chi connectivity index (χ1) is 10.6. The summed E-state index contributed by atoms with van der Waals surface area (Å²) in [5.41, 5.74) is 5.43. The molecule has 0 unspecified atom stereocenters. The van der Waals surface area contributed by atoms with Gasteiger partial charge in [-0.15, -0.1) is 0 Å². The molecule has 0 saturated heterocycles. The molecule has 1 aromatic heterocycles. The van der Waals surface area contributed by atoms with E-state index in [1.165, 1.54) is 30.4 Å². The van der Waals surface area contributed by atoms with Crippen molar-refractivity contribution in [1.29, 1.82) is 0 Å². The van der Waals surface area contributed by atoms with E-state index in [-0.39, 0.29) is 5.56 Å². The van der Waals surface area contributed by atoms with Crippen LogP contribution in [-0.4, -0.2) is 16.2 Å². The normalized spacial score (nSPS) is 14.1. The molecule has 3 rings (SSSR count). The van der Waals surface area contributed by atoms with Crippen molar-refractivity contribution in [3.05, 3.63) is 51.3 Å². The van der Waals surface area contributed by atoms with Crippen molar-refractivity contribution >= 4 is 0 Å². The number of benzene rings is 1. The molecule has 0 atom stereocenters. The lowest BCUT2D eigenvalue weighted by Crippen LogP contribution is -2.26. The van der Waals surface area contributed by atoms with E-state index in [9.17, 15) is 4.79 Å². The Balaban J connectivity index is 1.91. The summed E-state index contributed by atoms with van der Waals surface area (Å²) in [6.07, 6.45) is 4.87. The first-order valence-electron chi connectivity index (χ1n) is 8.07. The number of nitrogens with one attached hydrogen (secondary N) is 2. The van der Waals surface area contributed by atoms with Gasteiger partial charge in [-0.05, 0) is 48.9 Å². The van der Waals surface area contributed by atoms with Gasteiger partial charge in [-0.2, -0.15) is 5.10 Å². The molecular formula is C18H23N3O. The van der Waals surface area contributed by atoms with Gasteiger partial charge < -0.3 is 5.32 Å². The summed E-state index contributed by atoms with van der Waals surface area (Å²) in [6, 6.07) is 8.81. The molecule has 0 aliphatic heterocycles. The molecule has 0 fully saturated rings. The van der Waals surface area contributed by atoms with Crippen LogP contribution in [0.15, 0.2) is 29.1 Å². The molecule has 0 amide bonds. The Bertz CT molecular complexity index is 719. The molecule has 4 heteroatoms. The Kier molecular flexibility index (Phi) is 4.39. The predicted octanol–water partition coefficient (Wildman–Crippen LogP) is 2.81. The van der Waals surface area contributed by atoms with Gasteiger partial charge in [0.2, 0.25) is 0 Å². The lowest BCUT2D eigenvalue weighted by Gasteiger charge is -2.16. The van der Waals surface area contributed by atoms with Gasteiger partial charge in [0.1, 0.15) is 0 Å². The van der Waals surface area contributed by atoms with Crippen LogP contribution in [0.25, 0.3) is 11.3 Å². The number of nitrogens with zero attached hydrogens (tertiary/aromatic N) is 1. The summed E-state index contributed by atoms with van der Waals surface area (Å²) < 4.78 is 0. The number of aromatic amines is 1. The smallest absolute Gasteiger partial charge is 0.268 e. The molecule has 1 aromatic carbocycles.